The standard InChI is InChI=1S/2C26H15NO2.C21H17N.C18H9NOS.C18H11NO.C18H11NS/c1-3-8-18-14-24-20(12-16(18)6-1)27-21-13-17-7-2-4-9-19(17)15-25(21)29-23-11-5-10-22(28-24)26(23)27;1-3-8-18-16(6-1)12-14-22-24(18)27-25-19-9-4-2-7-17(19)13-15-23(25)29-21-11-5-10-20(28-22)26(21)27;1-21(2)16-10-4-6-13-19(16)22-18-12-5-3-8-14(18)15-9-7-11-17(21)20(15)22;1-4-10-11-5-2-8-14-17(11)19-16(10)12(6-1)20-13-7-3-9-15(21-14)18(13)19;2*1-2-8-14-12(6-1)13-7-5-11-17-18(13)19(14)15-9-3-4-10-16(15)20-17/h2*1-15H;3-13H,1-2H3;1-9H;2*1-11H. The summed E-state index contributed by atoms with van der Waals surface area (Å²) >= 11 is 3.70. The van der Waals surface area contributed by atoms with Crippen LogP contribution in [0.4, 0.5) is 34.1 Å². The first-order valence-electron chi connectivity index (χ1n) is 47.6. The van der Waals surface area contributed by atoms with Crippen molar-refractivity contribution in [3.05, 3.63) is 448 Å². The highest BCUT2D eigenvalue weighted by Gasteiger charge is 2.41. The highest BCUT2D eigenvalue weighted by Crippen LogP contribution is 2.65. The van der Waals surface area contributed by atoms with E-state index in [9.17, 15) is 0 Å². The predicted octanol–water partition coefficient (Wildman–Crippen LogP) is 36.3. The van der Waals surface area contributed by atoms with Gasteiger partial charge in [-0.15, -0.1) is 0 Å². The quantitative estimate of drug-likeness (QED) is 0.146. The van der Waals surface area contributed by atoms with Gasteiger partial charge in [0.1, 0.15) is 17.1 Å². The van der Waals surface area contributed by atoms with E-state index in [1.165, 1.54) is 151 Å². The minimum Gasteiger partial charge on any atom is -0.453 e. The number of nitrogens with zero attached hydrogens (tertiary/aromatic N) is 6. The second kappa shape index (κ2) is 30.6. The van der Waals surface area contributed by atoms with Crippen LogP contribution < -0.4 is 38.2 Å². The third-order valence-electron chi connectivity index (χ3n) is 29.1. The Kier molecular flexibility index (Phi) is 17.2. The lowest BCUT2D eigenvalue weighted by Gasteiger charge is -2.39. The molecule has 13 heterocycles. The molecule has 0 aliphatic carbocycles. The van der Waals surface area contributed by atoms with Gasteiger partial charge < -0.3 is 46.7 Å². The Morgan fingerprint density at radius 3 is 1.07 bits per heavy atom. The fourth-order valence-corrected chi connectivity index (χ4v) is 25.2. The Hall–Kier alpha value is -17.8. The molecule has 141 heavy (non-hydrogen) atoms. The van der Waals surface area contributed by atoms with Gasteiger partial charge in [-0.3, -0.25) is 9.80 Å². The molecule has 0 spiro atoms. The summed E-state index contributed by atoms with van der Waals surface area (Å²) in [5, 5.41) is 19.9. The van der Waals surface area contributed by atoms with Gasteiger partial charge in [0.15, 0.2) is 69.0 Å². The van der Waals surface area contributed by atoms with Crippen molar-refractivity contribution in [2.45, 2.75) is 38.8 Å². The summed E-state index contributed by atoms with van der Waals surface area (Å²) in [6.07, 6.45) is 0. The van der Waals surface area contributed by atoms with Crippen molar-refractivity contribution in [1.29, 1.82) is 0 Å². The zero-order chi connectivity index (χ0) is 92.6. The molecule has 35 rings (SSSR count). The van der Waals surface area contributed by atoms with E-state index in [0.717, 1.165) is 136 Å². The molecule has 0 N–H and O–H groups in total. The minimum absolute atomic E-state index is 0.0283. The largest absolute Gasteiger partial charge is 0.453 e. The Balaban J connectivity index is 0.0000000799. The van der Waals surface area contributed by atoms with Gasteiger partial charge in [0.05, 0.1) is 83.9 Å². The number of hydrogen-bond donors (Lipinski definition) is 0. The molecular formula is C127H78N6O6S2. The second-order valence-corrected chi connectivity index (χ2v) is 39.3. The number of benzene rings is 22. The first-order valence-corrected chi connectivity index (χ1v) is 49.3. The molecule has 9 aliphatic rings. The summed E-state index contributed by atoms with van der Waals surface area (Å²) in [6.45, 7) is 4.67. The molecule has 0 saturated carbocycles. The lowest BCUT2D eigenvalue weighted by molar-refractivity contribution is 0.446. The third-order valence-corrected chi connectivity index (χ3v) is 31.3. The van der Waals surface area contributed by atoms with E-state index >= 15 is 0 Å². The minimum atomic E-state index is 0.0283. The third kappa shape index (κ3) is 11.8. The van der Waals surface area contributed by atoms with E-state index in [4.69, 9.17) is 28.4 Å². The molecule has 0 fully saturated rings. The number of rotatable bonds is 0. The summed E-state index contributed by atoms with van der Waals surface area (Å²) in [5.74, 6) is 10.4. The molecule has 0 unspecified atom stereocenters. The molecule has 4 aromatic heterocycles. The lowest BCUT2D eigenvalue weighted by atomic mass is 9.75. The molecule has 664 valence electrons. The molecule has 26 aromatic rings. The monoisotopic (exact) mass is 1850 g/mol. The van der Waals surface area contributed by atoms with Crippen LogP contribution >= 0.6 is 23.5 Å². The maximum Gasteiger partial charge on any atom is 0.155 e. The Bertz CT molecular complexity index is 9500. The van der Waals surface area contributed by atoms with Crippen molar-refractivity contribution in [3.8, 4) is 91.7 Å². The first-order chi connectivity index (χ1) is 69.7. The maximum absolute atomic E-state index is 6.34. The normalized spacial score (nSPS) is 13.5. The molecule has 0 saturated heterocycles. The fraction of sp³-hybridized carbons (Fsp3) is 0.0236. The average molecular weight is 1850 g/mol. The van der Waals surface area contributed by atoms with Crippen LogP contribution in [0.5, 0.6) is 69.0 Å². The molecule has 0 bridgehead atoms. The molecule has 0 atom stereocenters. The van der Waals surface area contributed by atoms with E-state index < -0.39 is 0 Å². The van der Waals surface area contributed by atoms with Gasteiger partial charge in [-0.2, -0.15) is 0 Å². The van der Waals surface area contributed by atoms with Crippen LogP contribution in [0.3, 0.4) is 0 Å². The fourth-order valence-electron chi connectivity index (χ4n) is 23.0. The Morgan fingerprint density at radius 1 is 0.177 bits per heavy atom. The number of anilines is 6. The predicted molar refractivity (Wildman–Crippen MR) is 576 cm³/mol. The van der Waals surface area contributed by atoms with Crippen molar-refractivity contribution in [3.63, 3.8) is 0 Å². The zero-order valence-electron chi connectivity index (χ0n) is 76.0. The van der Waals surface area contributed by atoms with Crippen LogP contribution in [-0.4, -0.2) is 18.3 Å². The molecular weight excluding hydrogens is 1770 g/mol. The number of fused-ring (bicyclic) bond motifs is 30. The Labute approximate surface area is 817 Å². The van der Waals surface area contributed by atoms with Crippen LogP contribution in [0.15, 0.2) is 456 Å². The summed E-state index contributed by atoms with van der Waals surface area (Å²) in [6, 6.07) is 153. The molecule has 14 heteroatoms. The van der Waals surface area contributed by atoms with E-state index in [1.807, 2.05) is 78.1 Å². The van der Waals surface area contributed by atoms with E-state index in [0.29, 0.717) is 0 Å². The number of para-hydroxylation sites is 15. The zero-order valence-corrected chi connectivity index (χ0v) is 77.7. The van der Waals surface area contributed by atoms with Crippen molar-refractivity contribution < 1.29 is 28.4 Å². The molecule has 9 aliphatic heterocycles. The first kappa shape index (κ1) is 79.4. The molecule has 12 nitrogen and oxygen atoms in total. The highest BCUT2D eigenvalue weighted by molar-refractivity contribution is 8.00. The second-order valence-electron chi connectivity index (χ2n) is 37.2. The van der Waals surface area contributed by atoms with Gasteiger partial charge in [0.2, 0.25) is 0 Å². The van der Waals surface area contributed by atoms with Gasteiger partial charge in [0.25, 0.3) is 0 Å². The summed E-state index contributed by atoms with van der Waals surface area (Å²) in [5.41, 5.74) is 24.1. The van der Waals surface area contributed by atoms with E-state index in [1.54, 1.807) is 0 Å². The van der Waals surface area contributed by atoms with Crippen molar-refractivity contribution in [1.82, 2.24) is 18.3 Å². The van der Waals surface area contributed by atoms with Crippen LogP contribution in [0.2, 0.25) is 0 Å². The Morgan fingerprint density at radius 2 is 0.496 bits per heavy atom. The summed E-state index contributed by atoms with van der Waals surface area (Å²) in [4.78, 5) is 9.86. The highest BCUT2D eigenvalue weighted by atomic mass is 32.2. The number of ether oxygens (including phenoxy) is 6. The van der Waals surface area contributed by atoms with Gasteiger partial charge >= 0.3 is 0 Å². The summed E-state index contributed by atoms with van der Waals surface area (Å²) in [7, 11) is 0. The van der Waals surface area contributed by atoms with Crippen LogP contribution in [0, 0.1) is 0 Å². The van der Waals surface area contributed by atoms with Gasteiger partial charge in [-0.25, -0.2) is 0 Å². The van der Waals surface area contributed by atoms with E-state index in [-0.39, 0.29) is 5.41 Å². The molecule has 22 aromatic carbocycles. The van der Waals surface area contributed by atoms with Gasteiger partial charge in [-0.05, 0) is 189 Å². The maximum atomic E-state index is 6.34. The topological polar surface area (TPSA) is 81.6 Å². The molecule has 0 radical (unpaired) electrons. The van der Waals surface area contributed by atoms with Gasteiger partial charge in [-0.1, -0.05) is 329 Å². The van der Waals surface area contributed by atoms with Crippen LogP contribution in [-0.2, 0) is 5.41 Å². The summed E-state index contributed by atoms with van der Waals surface area (Å²) < 4.78 is 47.1. The van der Waals surface area contributed by atoms with Gasteiger partial charge in [0, 0.05) is 78.9 Å². The SMILES string of the molecule is CC1(C)c2ccccc2-n2c3ccccc3c3cccc1c32.c1cc2c3c(c1)Oc1cc4ccccc4cc1N3c1cc3ccccc3cc1O2.c1cc2c3c(c1)Oc1ccc4ccccc4c1N3c1c(ccc3ccccc13)O2.c1cc2c3c(c1)Sc1cccc4c5cccc(c5n-3c14)O2.c1ccc2c(c1)Oc1cccc3c4ccccc4n-2c13.c1ccc2c(c1)Sc1cccc3c4ccccc4n-2c13. The van der Waals surface area contributed by atoms with Crippen molar-refractivity contribution >= 4 is 188 Å². The lowest BCUT2D eigenvalue weighted by Crippen LogP contribution is -2.26. The van der Waals surface area contributed by atoms with E-state index in [2.05, 4.69) is 424 Å². The van der Waals surface area contributed by atoms with Crippen molar-refractivity contribution in [2.75, 3.05) is 9.80 Å². The molecule has 0 amide bonds. The van der Waals surface area contributed by atoms with Crippen molar-refractivity contribution in [2.24, 2.45) is 0 Å². The average Bonchev–Trinajstić information content (AvgIpc) is 1.60. The van der Waals surface area contributed by atoms with Crippen LogP contribution in [0.25, 0.3) is 153 Å². The number of aromatic nitrogens is 4. The van der Waals surface area contributed by atoms with Crippen LogP contribution in [0.1, 0.15) is 25.0 Å². The number of hydrogen-bond acceptors (Lipinski definition) is 10. The smallest absolute Gasteiger partial charge is 0.155 e.